The summed E-state index contributed by atoms with van der Waals surface area (Å²) in [6, 6.07) is 6.44. The maximum atomic E-state index is 12.0. The van der Waals surface area contributed by atoms with E-state index in [4.69, 9.17) is 0 Å². The molecule has 1 aliphatic heterocycles. The molecule has 0 aliphatic carbocycles. The first-order valence-corrected chi connectivity index (χ1v) is 8.43. The van der Waals surface area contributed by atoms with E-state index >= 15 is 0 Å². The van der Waals surface area contributed by atoms with Gasteiger partial charge in [0.25, 0.3) is 5.91 Å². The van der Waals surface area contributed by atoms with Crippen molar-refractivity contribution in [3.05, 3.63) is 35.9 Å². The van der Waals surface area contributed by atoms with Crippen molar-refractivity contribution >= 4 is 28.0 Å². The fourth-order valence-electron chi connectivity index (χ4n) is 2.41. The van der Waals surface area contributed by atoms with Crippen LogP contribution in [0, 0.1) is 0 Å². The van der Waals surface area contributed by atoms with Crippen LogP contribution in [-0.2, 0) is 31.1 Å². The van der Waals surface area contributed by atoms with Crippen LogP contribution in [0.5, 0.6) is 0 Å². The minimum Gasteiger partial charge on any atom is -0.731 e. The predicted molar refractivity (Wildman–Crippen MR) is 81.1 cm³/mol. The van der Waals surface area contributed by atoms with Crippen LogP contribution in [-0.4, -0.2) is 53.6 Å². The molecule has 3 amide bonds. The van der Waals surface area contributed by atoms with E-state index in [1.54, 1.807) is 30.3 Å². The fourth-order valence-corrected chi connectivity index (χ4v) is 3.27. The van der Waals surface area contributed by atoms with Crippen LogP contribution < -0.4 is 40.2 Å². The van der Waals surface area contributed by atoms with Crippen molar-refractivity contribution in [1.82, 2.24) is 14.9 Å². The monoisotopic (exact) mass is 377 g/mol. The Morgan fingerprint density at radius 3 is 2.36 bits per heavy atom. The first-order chi connectivity index (χ1) is 11.2. The van der Waals surface area contributed by atoms with Crippen LogP contribution in [0.2, 0.25) is 0 Å². The number of carbonyl (C=O) groups excluding carboxylic acids is 3. The first kappa shape index (κ1) is 21.6. The SMILES string of the molecule is CC(=O)NC[C@@H]1[C@H](NC(=O)Cc2ccccc2)C(=O)N1S(=O)(=O)[O-].[Na+]. The Morgan fingerprint density at radius 2 is 1.84 bits per heavy atom. The minimum atomic E-state index is -5.01. The van der Waals surface area contributed by atoms with Crippen molar-refractivity contribution < 1.29 is 56.9 Å². The topological polar surface area (TPSA) is 136 Å². The maximum absolute atomic E-state index is 12.0. The standard InChI is InChI=1S/C14H17N3O6S.Na/c1-9(18)15-8-11-13(14(20)17(11)24(21,22)23)16-12(19)7-10-5-3-2-4-6-10;/h2-6,11,13H,7-8H2,1H3,(H,15,18)(H,16,19)(H,21,22,23);/q;+1/p-1/t11-,13+;/m1./s1. The van der Waals surface area contributed by atoms with Crippen molar-refractivity contribution in [3.63, 3.8) is 0 Å². The second kappa shape index (κ2) is 8.77. The van der Waals surface area contributed by atoms with Crippen molar-refractivity contribution in [2.24, 2.45) is 0 Å². The summed E-state index contributed by atoms with van der Waals surface area (Å²) in [7, 11) is -5.01. The van der Waals surface area contributed by atoms with E-state index < -0.39 is 40.1 Å². The first-order valence-electron chi connectivity index (χ1n) is 7.07. The van der Waals surface area contributed by atoms with Crippen LogP contribution in [0.4, 0.5) is 0 Å². The smallest absolute Gasteiger partial charge is 0.731 e. The summed E-state index contributed by atoms with van der Waals surface area (Å²) in [5.74, 6) is -1.95. The molecule has 2 rings (SSSR count). The van der Waals surface area contributed by atoms with Crippen LogP contribution in [0.1, 0.15) is 12.5 Å². The number of β-lactam (4-membered cyclic amide) rings is 1. The molecule has 1 aromatic carbocycles. The Labute approximate surface area is 167 Å². The molecule has 0 spiro atoms. The van der Waals surface area contributed by atoms with E-state index in [1.165, 1.54) is 6.92 Å². The average Bonchev–Trinajstić information content (AvgIpc) is 2.48. The van der Waals surface area contributed by atoms with Gasteiger partial charge in [-0.05, 0) is 5.56 Å². The number of hydrogen-bond acceptors (Lipinski definition) is 6. The van der Waals surface area contributed by atoms with Crippen molar-refractivity contribution in [2.45, 2.75) is 25.4 Å². The summed E-state index contributed by atoms with van der Waals surface area (Å²) in [6.07, 6.45) is 0.00159. The molecule has 1 heterocycles. The second-order valence-corrected chi connectivity index (χ2v) is 6.55. The average molecular weight is 377 g/mol. The molecule has 9 nitrogen and oxygen atoms in total. The van der Waals surface area contributed by atoms with Crippen molar-refractivity contribution in [1.29, 1.82) is 0 Å². The van der Waals surface area contributed by atoms with Gasteiger partial charge in [0.15, 0.2) is 10.3 Å². The molecule has 1 fully saturated rings. The zero-order valence-corrected chi connectivity index (χ0v) is 16.6. The number of rotatable bonds is 6. The summed E-state index contributed by atoms with van der Waals surface area (Å²) in [4.78, 5) is 34.8. The van der Waals surface area contributed by atoms with Gasteiger partial charge in [-0.1, -0.05) is 30.3 Å². The number of nitrogens with zero attached hydrogens (tertiary/aromatic N) is 1. The largest absolute Gasteiger partial charge is 1.00 e. The van der Waals surface area contributed by atoms with Crippen LogP contribution in [0.15, 0.2) is 30.3 Å². The molecule has 2 N–H and O–H groups in total. The van der Waals surface area contributed by atoms with E-state index in [0.29, 0.717) is 5.56 Å². The molecule has 25 heavy (non-hydrogen) atoms. The third kappa shape index (κ3) is 5.51. The molecule has 0 aromatic heterocycles. The Bertz CT molecular complexity index is 755. The summed E-state index contributed by atoms with van der Waals surface area (Å²) in [5, 5.41) is 4.74. The third-order valence-corrected chi connectivity index (χ3v) is 4.43. The van der Waals surface area contributed by atoms with Crippen molar-refractivity contribution in [3.8, 4) is 0 Å². The molecule has 1 aliphatic rings. The Hall–Kier alpha value is -1.46. The molecular formula is C14H16N3NaO6S. The van der Waals surface area contributed by atoms with Crippen LogP contribution in [0.3, 0.4) is 0 Å². The molecular weight excluding hydrogens is 361 g/mol. The normalized spacial score (nSPS) is 19.4. The van der Waals surface area contributed by atoms with Crippen LogP contribution in [0.25, 0.3) is 0 Å². The summed E-state index contributed by atoms with van der Waals surface area (Å²) < 4.78 is 33.5. The summed E-state index contributed by atoms with van der Waals surface area (Å²) >= 11 is 0. The fraction of sp³-hybridized carbons (Fsp3) is 0.357. The van der Waals surface area contributed by atoms with Gasteiger partial charge in [-0.25, -0.2) is 12.7 Å². The summed E-state index contributed by atoms with van der Waals surface area (Å²) in [5.41, 5.74) is 0.716. The molecule has 0 saturated carbocycles. The molecule has 130 valence electrons. The number of hydrogen-bond donors (Lipinski definition) is 2. The molecule has 0 radical (unpaired) electrons. The van der Waals surface area contributed by atoms with Gasteiger partial charge in [-0.2, -0.15) is 0 Å². The minimum absolute atomic E-state index is 0. The molecule has 1 aromatic rings. The molecule has 1 saturated heterocycles. The van der Waals surface area contributed by atoms with Gasteiger partial charge in [-0.15, -0.1) is 0 Å². The molecule has 0 unspecified atom stereocenters. The number of nitrogens with one attached hydrogen (secondary N) is 2. The summed E-state index contributed by atoms with van der Waals surface area (Å²) in [6.45, 7) is 0.957. The van der Waals surface area contributed by atoms with E-state index in [-0.39, 0.29) is 46.8 Å². The van der Waals surface area contributed by atoms with Gasteiger partial charge in [0, 0.05) is 13.5 Å². The molecule has 2 atom stereocenters. The van der Waals surface area contributed by atoms with Gasteiger partial charge >= 0.3 is 29.6 Å². The zero-order valence-electron chi connectivity index (χ0n) is 13.8. The van der Waals surface area contributed by atoms with Gasteiger partial charge in [0.05, 0.1) is 12.5 Å². The predicted octanol–water partition coefficient (Wildman–Crippen LogP) is -4.47. The molecule has 11 heteroatoms. The van der Waals surface area contributed by atoms with Gasteiger partial charge < -0.3 is 15.2 Å². The van der Waals surface area contributed by atoms with Gasteiger partial charge in [0.2, 0.25) is 11.8 Å². The molecule has 0 bridgehead atoms. The van der Waals surface area contributed by atoms with E-state index in [9.17, 15) is 27.4 Å². The number of carbonyl (C=O) groups is 3. The number of amides is 3. The maximum Gasteiger partial charge on any atom is 1.00 e. The Morgan fingerprint density at radius 1 is 1.24 bits per heavy atom. The van der Waals surface area contributed by atoms with Gasteiger partial charge in [0.1, 0.15) is 6.04 Å². The van der Waals surface area contributed by atoms with E-state index in [1.807, 2.05) is 0 Å². The Kier molecular flexibility index (Phi) is 7.57. The van der Waals surface area contributed by atoms with Gasteiger partial charge in [-0.3, -0.25) is 14.4 Å². The Balaban J connectivity index is 0.00000312. The van der Waals surface area contributed by atoms with Crippen LogP contribution >= 0.6 is 0 Å². The van der Waals surface area contributed by atoms with Crippen molar-refractivity contribution in [2.75, 3.05) is 6.54 Å². The van der Waals surface area contributed by atoms with E-state index in [0.717, 1.165) is 0 Å². The second-order valence-electron chi connectivity index (χ2n) is 5.30. The van der Waals surface area contributed by atoms with E-state index in [2.05, 4.69) is 10.6 Å². The zero-order chi connectivity index (χ0) is 17.9. The number of benzene rings is 1. The quantitative estimate of drug-likeness (QED) is 0.292. The third-order valence-electron chi connectivity index (χ3n) is 3.49.